The number of rotatable bonds is 8. The second-order valence-corrected chi connectivity index (χ2v) is 7.07. The summed E-state index contributed by atoms with van der Waals surface area (Å²) in [6.07, 6.45) is 0.219. The van der Waals surface area contributed by atoms with E-state index < -0.39 is 6.09 Å². The van der Waals surface area contributed by atoms with Gasteiger partial charge in [0.15, 0.2) is 0 Å². The van der Waals surface area contributed by atoms with Gasteiger partial charge in [-0.25, -0.2) is 9.78 Å². The van der Waals surface area contributed by atoms with Crippen LogP contribution in [0.25, 0.3) is 0 Å². The van der Waals surface area contributed by atoms with Gasteiger partial charge in [-0.2, -0.15) is 0 Å². The van der Waals surface area contributed by atoms with Gasteiger partial charge in [-0.3, -0.25) is 4.79 Å². The minimum Gasteiger partial charge on any atom is -0.453 e. The van der Waals surface area contributed by atoms with Gasteiger partial charge in [0.2, 0.25) is 5.91 Å². The van der Waals surface area contributed by atoms with Crippen LogP contribution in [0.4, 0.5) is 4.79 Å². The van der Waals surface area contributed by atoms with E-state index in [4.69, 9.17) is 0 Å². The van der Waals surface area contributed by atoms with Gasteiger partial charge in [0.25, 0.3) is 0 Å². The first-order chi connectivity index (χ1) is 10.5. The number of thioether (sulfide) groups is 1. The molecule has 0 aliphatic heterocycles. The van der Waals surface area contributed by atoms with E-state index in [2.05, 4.69) is 27.3 Å². The number of alkyl carbamates (subject to hydrolysis) is 1. The monoisotopic (exact) mass is 345 g/mol. The normalized spacial score (nSPS) is 11.8. The van der Waals surface area contributed by atoms with E-state index >= 15 is 0 Å². The van der Waals surface area contributed by atoms with Crippen LogP contribution in [0.15, 0.2) is 4.34 Å². The summed E-state index contributed by atoms with van der Waals surface area (Å²) in [6.45, 7) is 6.73. The van der Waals surface area contributed by atoms with Crippen molar-refractivity contribution in [3.63, 3.8) is 0 Å². The van der Waals surface area contributed by atoms with Crippen molar-refractivity contribution >= 4 is 35.1 Å². The van der Waals surface area contributed by atoms with Crippen molar-refractivity contribution in [1.29, 1.82) is 0 Å². The van der Waals surface area contributed by atoms with E-state index in [1.807, 2.05) is 13.8 Å². The van der Waals surface area contributed by atoms with E-state index in [1.54, 1.807) is 23.1 Å². The maximum absolute atomic E-state index is 12.3. The van der Waals surface area contributed by atoms with Crippen LogP contribution < -0.4 is 10.6 Å². The molecule has 0 aliphatic carbocycles. The van der Waals surface area contributed by atoms with E-state index in [9.17, 15) is 9.59 Å². The average molecular weight is 345 g/mol. The molecule has 0 radical (unpaired) electrons. The Bertz CT molecular complexity index is 506. The molecule has 0 saturated heterocycles. The number of aryl methyl sites for hydroxylation is 1. The second-order valence-electron chi connectivity index (χ2n) is 4.53. The molecule has 1 aromatic heterocycles. The van der Waals surface area contributed by atoms with Gasteiger partial charge >= 0.3 is 6.09 Å². The molecule has 0 fully saturated rings. The first kappa shape index (κ1) is 18.8. The lowest BCUT2D eigenvalue weighted by atomic mass is 10.0. The van der Waals surface area contributed by atoms with Crippen molar-refractivity contribution in [2.75, 3.05) is 26.0 Å². The zero-order valence-electron chi connectivity index (χ0n) is 13.4. The number of nitrogens with zero attached hydrogens (tertiary/aromatic N) is 1. The maximum atomic E-state index is 12.3. The van der Waals surface area contributed by atoms with Gasteiger partial charge in [-0.05, 0) is 19.1 Å². The first-order valence-corrected chi connectivity index (χ1v) is 9.03. The minimum absolute atomic E-state index is 0.0334. The van der Waals surface area contributed by atoms with Gasteiger partial charge in [-0.1, -0.05) is 25.6 Å². The zero-order valence-corrected chi connectivity index (χ0v) is 15.0. The van der Waals surface area contributed by atoms with Crippen molar-refractivity contribution in [2.24, 2.45) is 0 Å². The van der Waals surface area contributed by atoms with Crippen LogP contribution in [0.2, 0.25) is 0 Å². The summed E-state index contributed by atoms with van der Waals surface area (Å²) in [5.74, 6) is 0.741. The molecule has 0 aromatic carbocycles. The number of carbonyl (C=O) groups excluding carboxylic acids is 2. The van der Waals surface area contributed by atoms with Crippen LogP contribution in [0.1, 0.15) is 36.8 Å². The average Bonchev–Trinajstić information content (AvgIpc) is 2.85. The van der Waals surface area contributed by atoms with Gasteiger partial charge in [-0.15, -0.1) is 11.3 Å². The highest BCUT2D eigenvalue weighted by Crippen LogP contribution is 2.33. The molecule has 2 amide bonds. The fraction of sp³-hybridized carbons (Fsp3) is 0.643. The molecule has 0 spiro atoms. The fourth-order valence-electron chi connectivity index (χ4n) is 1.93. The lowest BCUT2D eigenvalue weighted by Crippen LogP contribution is -2.36. The highest BCUT2D eigenvalue weighted by Gasteiger charge is 2.23. The maximum Gasteiger partial charge on any atom is 0.406 e. The van der Waals surface area contributed by atoms with Crippen LogP contribution in [0.3, 0.4) is 0 Å². The largest absolute Gasteiger partial charge is 0.453 e. The number of aromatic nitrogens is 1. The van der Waals surface area contributed by atoms with Crippen molar-refractivity contribution in [3.05, 3.63) is 10.6 Å². The van der Waals surface area contributed by atoms with Crippen molar-refractivity contribution in [3.8, 4) is 0 Å². The Morgan fingerprint density at radius 3 is 2.59 bits per heavy atom. The molecule has 1 atom stereocenters. The van der Waals surface area contributed by atoms with Gasteiger partial charge < -0.3 is 15.4 Å². The Balaban J connectivity index is 2.59. The molecular weight excluding hydrogens is 322 g/mol. The summed E-state index contributed by atoms with van der Waals surface area (Å²) in [6, 6.07) is 0. The number of thiazole rings is 1. The third kappa shape index (κ3) is 5.49. The van der Waals surface area contributed by atoms with Crippen molar-refractivity contribution in [1.82, 2.24) is 15.6 Å². The fourth-order valence-corrected chi connectivity index (χ4v) is 4.21. The molecule has 1 rings (SSSR count). The SMILES string of the molecule is CCSc1nc(C)c(C(CC)C(=O)NCCNC(=O)OC)s1. The third-order valence-corrected chi connectivity index (χ3v) is 5.30. The molecule has 0 aliphatic rings. The van der Waals surface area contributed by atoms with Gasteiger partial charge in [0.1, 0.15) is 4.34 Å². The Kier molecular flexibility index (Phi) is 8.26. The summed E-state index contributed by atoms with van der Waals surface area (Å²) in [5.41, 5.74) is 0.927. The lowest BCUT2D eigenvalue weighted by molar-refractivity contribution is -0.122. The highest BCUT2D eigenvalue weighted by atomic mass is 32.2. The number of nitrogens with one attached hydrogen (secondary N) is 2. The van der Waals surface area contributed by atoms with Crippen molar-refractivity contribution < 1.29 is 14.3 Å². The Morgan fingerprint density at radius 2 is 2.00 bits per heavy atom. The van der Waals surface area contributed by atoms with Crippen LogP contribution in [-0.2, 0) is 9.53 Å². The molecule has 1 heterocycles. The van der Waals surface area contributed by atoms with Crippen LogP contribution in [0.5, 0.6) is 0 Å². The van der Waals surface area contributed by atoms with Crippen LogP contribution in [0, 0.1) is 6.92 Å². The summed E-state index contributed by atoms with van der Waals surface area (Å²) in [7, 11) is 1.31. The number of methoxy groups -OCH3 is 1. The Labute approximate surface area is 139 Å². The van der Waals surface area contributed by atoms with E-state index in [0.29, 0.717) is 13.1 Å². The first-order valence-electron chi connectivity index (χ1n) is 7.23. The quantitative estimate of drug-likeness (QED) is 0.559. The molecular formula is C14H23N3O3S2. The predicted molar refractivity (Wildman–Crippen MR) is 89.7 cm³/mol. The van der Waals surface area contributed by atoms with Crippen LogP contribution in [-0.4, -0.2) is 42.9 Å². The molecule has 8 heteroatoms. The number of amides is 2. The molecule has 1 aromatic rings. The second kappa shape index (κ2) is 9.68. The molecule has 22 heavy (non-hydrogen) atoms. The van der Waals surface area contributed by atoms with Crippen molar-refractivity contribution in [2.45, 2.75) is 37.4 Å². The summed E-state index contributed by atoms with van der Waals surface area (Å²) in [5, 5.41) is 5.37. The number of hydrogen-bond donors (Lipinski definition) is 2. The zero-order chi connectivity index (χ0) is 16.5. The lowest BCUT2D eigenvalue weighted by Gasteiger charge is -2.14. The van der Waals surface area contributed by atoms with Gasteiger partial charge in [0.05, 0.1) is 18.7 Å². The predicted octanol–water partition coefficient (Wildman–Crippen LogP) is 2.53. The Hall–Kier alpha value is -1.28. The number of carbonyl (C=O) groups is 2. The van der Waals surface area contributed by atoms with Gasteiger partial charge in [0, 0.05) is 18.0 Å². The molecule has 0 bridgehead atoms. The molecule has 2 N–H and O–H groups in total. The highest BCUT2D eigenvalue weighted by molar-refractivity contribution is 8.01. The standard InChI is InChI=1S/C14H23N3O3S2/c1-5-10(11-9(3)17-14(22-11)21-6-2)12(18)15-7-8-16-13(19)20-4/h10H,5-8H2,1-4H3,(H,15,18)(H,16,19). The molecule has 124 valence electrons. The van der Waals surface area contributed by atoms with E-state index in [-0.39, 0.29) is 11.8 Å². The molecule has 1 unspecified atom stereocenters. The third-order valence-electron chi connectivity index (χ3n) is 3.00. The molecule has 6 nitrogen and oxygen atoms in total. The summed E-state index contributed by atoms with van der Waals surface area (Å²) in [4.78, 5) is 28.8. The summed E-state index contributed by atoms with van der Waals surface area (Å²) >= 11 is 3.29. The minimum atomic E-state index is -0.499. The number of ether oxygens (including phenoxy) is 1. The number of hydrogen-bond acceptors (Lipinski definition) is 6. The van der Waals surface area contributed by atoms with E-state index in [1.165, 1.54) is 7.11 Å². The summed E-state index contributed by atoms with van der Waals surface area (Å²) < 4.78 is 5.47. The smallest absolute Gasteiger partial charge is 0.406 e. The van der Waals surface area contributed by atoms with Crippen LogP contribution >= 0.6 is 23.1 Å². The Morgan fingerprint density at radius 1 is 1.32 bits per heavy atom. The van der Waals surface area contributed by atoms with E-state index in [0.717, 1.165) is 27.1 Å². The molecule has 0 saturated carbocycles. The topological polar surface area (TPSA) is 80.3 Å².